The molecule has 3 N–H and O–H groups in total. The molecule has 3 rings (SSSR count). The first-order valence-electron chi connectivity index (χ1n) is 11.0. The molecular formula is C23H36FN3O2. The number of likely N-dealkylation sites (tertiary alicyclic amines) is 1. The quantitative estimate of drug-likeness (QED) is 0.714. The molecular weight excluding hydrogens is 369 g/mol. The van der Waals surface area contributed by atoms with E-state index in [1.807, 2.05) is 26.8 Å². The molecule has 1 heterocycles. The van der Waals surface area contributed by atoms with Crippen LogP contribution in [0.1, 0.15) is 70.8 Å². The van der Waals surface area contributed by atoms with E-state index in [9.17, 15) is 9.18 Å². The number of alkyl carbamates (subject to hydrolysis) is 1. The molecule has 0 spiro atoms. The van der Waals surface area contributed by atoms with Crippen molar-refractivity contribution in [3.63, 3.8) is 0 Å². The second kappa shape index (κ2) is 9.33. The lowest BCUT2D eigenvalue weighted by Crippen LogP contribution is -2.44. The lowest BCUT2D eigenvalue weighted by molar-refractivity contribution is 0.0506. The number of nitrogen functional groups attached to an aromatic ring is 1. The van der Waals surface area contributed by atoms with Gasteiger partial charge < -0.3 is 20.7 Å². The van der Waals surface area contributed by atoms with Crippen LogP contribution in [-0.4, -0.2) is 42.3 Å². The van der Waals surface area contributed by atoms with Gasteiger partial charge in [-0.15, -0.1) is 0 Å². The van der Waals surface area contributed by atoms with E-state index in [4.69, 9.17) is 10.5 Å². The van der Waals surface area contributed by atoms with Crippen molar-refractivity contribution in [1.82, 2.24) is 10.2 Å². The van der Waals surface area contributed by atoms with Crippen molar-refractivity contribution in [3.8, 4) is 0 Å². The first-order valence-corrected chi connectivity index (χ1v) is 11.0. The number of piperidine rings is 1. The van der Waals surface area contributed by atoms with Gasteiger partial charge in [0.05, 0.1) is 0 Å². The minimum atomic E-state index is -0.455. The predicted molar refractivity (Wildman–Crippen MR) is 114 cm³/mol. The number of hydrogen-bond donors (Lipinski definition) is 2. The van der Waals surface area contributed by atoms with E-state index in [-0.39, 0.29) is 11.9 Å². The van der Waals surface area contributed by atoms with Gasteiger partial charge in [-0.25, -0.2) is 9.18 Å². The lowest BCUT2D eigenvalue weighted by atomic mass is 9.83. The summed E-state index contributed by atoms with van der Waals surface area (Å²) >= 11 is 0. The molecule has 162 valence electrons. The van der Waals surface area contributed by atoms with Crippen molar-refractivity contribution < 1.29 is 13.9 Å². The number of benzene rings is 1. The molecule has 1 aromatic rings. The van der Waals surface area contributed by atoms with Gasteiger partial charge in [-0.1, -0.05) is 6.07 Å². The Labute approximate surface area is 174 Å². The number of rotatable bonds is 4. The minimum Gasteiger partial charge on any atom is -0.444 e. The molecule has 0 bridgehead atoms. The van der Waals surface area contributed by atoms with Crippen LogP contribution in [0.25, 0.3) is 0 Å². The highest BCUT2D eigenvalue weighted by Gasteiger charge is 2.30. The van der Waals surface area contributed by atoms with E-state index < -0.39 is 5.60 Å². The minimum absolute atomic E-state index is 0.165. The van der Waals surface area contributed by atoms with Gasteiger partial charge in [-0.2, -0.15) is 0 Å². The first kappa shape index (κ1) is 21.9. The van der Waals surface area contributed by atoms with Crippen LogP contribution in [0.2, 0.25) is 0 Å². The number of nitrogens with zero attached hydrogens (tertiary/aromatic N) is 1. The monoisotopic (exact) mass is 405 g/mol. The molecule has 0 radical (unpaired) electrons. The normalized spacial score (nSPS) is 24.3. The van der Waals surface area contributed by atoms with Gasteiger partial charge in [0.1, 0.15) is 11.4 Å². The lowest BCUT2D eigenvalue weighted by Gasteiger charge is -2.41. The Morgan fingerprint density at radius 2 is 1.83 bits per heavy atom. The van der Waals surface area contributed by atoms with Gasteiger partial charge in [0.2, 0.25) is 0 Å². The molecule has 0 aromatic heterocycles. The molecule has 1 aliphatic carbocycles. The van der Waals surface area contributed by atoms with Crippen LogP contribution >= 0.6 is 0 Å². The van der Waals surface area contributed by atoms with Crippen molar-refractivity contribution in [2.45, 2.75) is 76.9 Å². The molecule has 0 atom stereocenters. The molecule has 1 aromatic carbocycles. The number of nitrogens with two attached hydrogens (primary N) is 1. The zero-order valence-electron chi connectivity index (χ0n) is 18.0. The van der Waals surface area contributed by atoms with Crippen LogP contribution < -0.4 is 11.1 Å². The Morgan fingerprint density at radius 3 is 2.41 bits per heavy atom. The van der Waals surface area contributed by atoms with Gasteiger partial charge in [-0.3, -0.25) is 0 Å². The molecule has 2 aliphatic rings. The molecule has 1 saturated carbocycles. The van der Waals surface area contributed by atoms with Crippen LogP contribution in [0.5, 0.6) is 0 Å². The largest absolute Gasteiger partial charge is 0.444 e. The topological polar surface area (TPSA) is 67.6 Å². The number of carbonyl (C=O) groups excluding carboxylic acids is 1. The molecule has 6 heteroatoms. The highest BCUT2D eigenvalue weighted by Crippen LogP contribution is 2.34. The van der Waals surface area contributed by atoms with E-state index >= 15 is 0 Å². The number of nitrogens with one attached hydrogen (secondary N) is 1. The number of ether oxygens (including phenoxy) is 1. The van der Waals surface area contributed by atoms with Crippen LogP contribution in [0.3, 0.4) is 0 Å². The fourth-order valence-electron chi connectivity index (χ4n) is 4.71. The number of amides is 1. The maximum Gasteiger partial charge on any atom is 0.407 e. The fraction of sp³-hybridized carbons (Fsp3) is 0.696. The third-order valence-electron chi connectivity index (χ3n) is 6.26. The summed E-state index contributed by atoms with van der Waals surface area (Å²) in [6.07, 6.45) is 6.28. The summed E-state index contributed by atoms with van der Waals surface area (Å²) in [6.45, 7) is 8.38. The Hall–Kier alpha value is -1.82. The third-order valence-corrected chi connectivity index (χ3v) is 6.26. The molecule has 1 aliphatic heterocycles. The van der Waals surface area contributed by atoms with E-state index in [1.54, 1.807) is 6.07 Å². The summed E-state index contributed by atoms with van der Waals surface area (Å²) < 4.78 is 19.5. The zero-order chi connectivity index (χ0) is 21.0. The van der Waals surface area contributed by atoms with Gasteiger partial charge in [-0.05, 0) is 102 Å². The van der Waals surface area contributed by atoms with Gasteiger partial charge in [0, 0.05) is 18.3 Å². The summed E-state index contributed by atoms with van der Waals surface area (Å²) in [5.74, 6) is 0.655. The van der Waals surface area contributed by atoms with Gasteiger partial charge in [0.15, 0.2) is 0 Å². The van der Waals surface area contributed by atoms with Gasteiger partial charge in [0.25, 0.3) is 0 Å². The summed E-state index contributed by atoms with van der Waals surface area (Å²) in [5.41, 5.74) is 6.52. The Morgan fingerprint density at radius 1 is 1.17 bits per heavy atom. The smallest absolute Gasteiger partial charge is 0.407 e. The van der Waals surface area contributed by atoms with E-state index in [2.05, 4.69) is 10.2 Å². The highest BCUT2D eigenvalue weighted by molar-refractivity contribution is 5.67. The van der Waals surface area contributed by atoms with Crippen LogP contribution in [0, 0.1) is 11.7 Å². The van der Waals surface area contributed by atoms with Crippen molar-refractivity contribution >= 4 is 11.8 Å². The molecule has 1 saturated heterocycles. The maximum absolute atomic E-state index is 14.2. The number of anilines is 1. The van der Waals surface area contributed by atoms with Crippen LogP contribution in [0.15, 0.2) is 18.2 Å². The summed E-state index contributed by atoms with van der Waals surface area (Å²) in [7, 11) is 0. The van der Waals surface area contributed by atoms with Crippen molar-refractivity contribution in [2.24, 2.45) is 5.92 Å². The van der Waals surface area contributed by atoms with Crippen molar-refractivity contribution in [1.29, 1.82) is 0 Å². The average molecular weight is 406 g/mol. The summed E-state index contributed by atoms with van der Waals surface area (Å²) in [5, 5.41) is 2.92. The molecule has 0 unspecified atom stereocenters. The highest BCUT2D eigenvalue weighted by atomic mass is 19.1. The molecule has 29 heavy (non-hydrogen) atoms. The second-order valence-corrected chi connectivity index (χ2v) is 9.65. The van der Waals surface area contributed by atoms with Crippen molar-refractivity contribution in [3.05, 3.63) is 29.6 Å². The maximum atomic E-state index is 14.2. The standard InChI is InChI=1S/C23H36FN3O2/c1-23(2,3)29-22(28)26-15-16-4-7-19(8-5-16)27-12-10-17(11-13-27)20-9-6-18(25)14-21(20)24/h6,9,14,16-17,19H,4-5,7-8,10-13,15,25H2,1-3H3,(H,26,28). The fourth-order valence-corrected chi connectivity index (χ4v) is 4.71. The zero-order valence-corrected chi connectivity index (χ0v) is 18.0. The average Bonchev–Trinajstić information content (AvgIpc) is 2.66. The predicted octanol–water partition coefficient (Wildman–Crippen LogP) is 4.67. The number of halogens is 1. The second-order valence-electron chi connectivity index (χ2n) is 9.65. The van der Waals surface area contributed by atoms with Crippen LogP contribution in [-0.2, 0) is 4.74 Å². The number of carbonyl (C=O) groups is 1. The van der Waals surface area contributed by atoms with Crippen LogP contribution in [0.4, 0.5) is 14.9 Å². The molecule has 1 amide bonds. The Balaban J connectivity index is 1.39. The number of hydrogen-bond acceptors (Lipinski definition) is 4. The SMILES string of the molecule is CC(C)(C)OC(=O)NCC1CCC(N2CCC(c3ccc(N)cc3F)CC2)CC1. The molecule has 2 fully saturated rings. The van der Waals surface area contributed by atoms with E-state index in [0.717, 1.165) is 44.3 Å². The molecule has 5 nitrogen and oxygen atoms in total. The Kier molecular flexibility index (Phi) is 7.04. The third kappa shape index (κ3) is 6.33. The van der Waals surface area contributed by atoms with Crippen molar-refractivity contribution in [2.75, 3.05) is 25.4 Å². The summed E-state index contributed by atoms with van der Waals surface area (Å²) in [6, 6.07) is 5.71. The van der Waals surface area contributed by atoms with E-state index in [0.29, 0.717) is 30.1 Å². The Bertz CT molecular complexity index is 688. The summed E-state index contributed by atoms with van der Waals surface area (Å²) in [4.78, 5) is 14.4. The first-order chi connectivity index (χ1) is 13.7. The van der Waals surface area contributed by atoms with Gasteiger partial charge >= 0.3 is 6.09 Å². The van der Waals surface area contributed by atoms with E-state index in [1.165, 1.54) is 18.9 Å².